The van der Waals surface area contributed by atoms with E-state index in [9.17, 15) is 4.79 Å². The fraction of sp³-hybridized carbons (Fsp3) is 0.818. The van der Waals surface area contributed by atoms with Gasteiger partial charge in [0, 0.05) is 6.61 Å². The van der Waals surface area contributed by atoms with Gasteiger partial charge in [-0.25, -0.2) is 0 Å². The summed E-state index contributed by atoms with van der Waals surface area (Å²) in [4.78, 5) is 12.2. The normalized spacial score (nSPS) is 22.4. The van der Waals surface area contributed by atoms with Crippen LogP contribution in [0.4, 0.5) is 0 Å². The Balaban J connectivity index is 2.43. The average molecular weight is 244 g/mol. The van der Waals surface area contributed by atoms with Crippen LogP contribution in [0.5, 0.6) is 0 Å². The third-order valence-electron chi connectivity index (χ3n) is 2.71. The van der Waals surface area contributed by atoms with E-state index < -0.39 is 0 Å². The molecule has 1 amide bonds. The lowest BCUT2D eigenvalue weighted by molar-refractivity contribution is -0.135. The summed E-state index contributed by atoms with van der Waals surface area (Å²) in [5.74, 6) is -0.0778. The zero-order chi connectivity index (χ0) is 12.0. The molecule has 0 aliphatic carbocycles. The molecular formula is C11H20N2O2S. The topological polar surface area (TPSA) is 64.3 Å². The first-order valence-electron chi connectivity index (χ1n) is 5.86. The van der Waals surface area contributed by atoms with Crippen LogP contribution < -0.4 is 11.1 Å². The molecule has 3 N–H and O–H groups in total. The van der Waals surface area contributed by atoms with Crippen molar-refractivity contribution in [2.45, 2.75) is 51.2 Å². The molecule has 0 spiro atoms. The highest BCUT2D eigenvalue weighted by Crippen LogP contribution is 2.13. The summed E-state index contributed by atoms with van der Waals surface area (Å²) in [5, 5.41) is 2.86. The Bertz CT molecular complexity index is 252. The summed E-state index contributed by atoms with van der Waals surface area (Å²) in [6.45, 7) is 2.71. The first-order valence-corrected chi connectivity index (χ1v) is 6.27. The molecule has 0 aromatic carbocycles. The minimum atomic E-state index is -0.317. The van der Waals surface area contributed by atoms with Gasteiger partial charge in [0.25, 0.3) is 0 Å². The zero-order valence-corrected chi connectivity index (χ0v) is 10.5. The monoisotopic (exact) mass is 244 g/mol. The van der Waals surface area contributed by atoms with Crippen LogP contribution in [0.15, 0.2) is 0 Å². The second kappa shape index (κ2) is 6.81. The molecule has 0 aromatic heterocycles. The van der Waals surface area contributed by atoms with E-state index in [1.807, 2.05) is 6.92 Å². The molecule has 2 unspecified atom stereocenters. The Morgan fingerprint density at radius 1 is 1.62 bits per heavy atom. The van der Waals surface area contributed by atoms with Crippen molar-refractivity contribution in [3.63, 3.8) is 0 Å². The van der Waals surface area contributed by atoms with Crippen molar-refractivity contribution < 1.29 is 9.53 Å². The van der Waals surface area contributed by atoms with E-state index in [1.54, 1.807) is 0 Å². The van der Waals surface area contributed by atoms with Gasteiger partial charge in [-0.15, -0.1) is 0 Å². The fourth-order valence-corrected chi connectivity index (χ4v) is 1.96. The maximum atomic E-state index is 11.8. The molecule has 0 radical (unpaired) electrons. The van der Waals surface area contributed by atoms with Crippen LogP contribution in [0.3, 0.4) is 0 Å². The number of thiocarbonyl (C=S) groups is 1. The van der Waals surface area contributed by atoms with Crippen molar-refractivity contribution in [3.8, 4) is 0 Å². The molecule has 1 saturated heterocycles. The van der Waals surface area contributed by atoms with E-state index in [0.29, 0.717) is 11.6 Å². The minimum Gasteiger partial charge on any atom is -0.392 e. The van der Waals surface area contributed by atoms with Crippen molar-refractivity contribution in [2.75, 3.05) is 6.61 Å². The van der Waals surface area contributed by atoms with E-state index in [0.717, 1.165) is 32.1 Å². The molecule has 1 aliphatic rings. The smallest absolute Gasteiger partial charge is 0.249 e. The second-order valence-electron chi connectivity index (χ2n) is 4.11. The van der Waals surface area contributed by atoms with Gasteiger partial charge in [0.15, 0.2) is 0 Å². The predicted molar refractivity (Wildman–Crippen MR) is 67.2 cm³/mol. The van der Waals surface area contributed by atoms with Gasteiger partial charge < -0.3 is 15.8 Å². The van der Waals surface area contributed by atoms with Crippen molar-refractivity contribution in [2.24, 2.45) is 5.73 Å². The van der Waals surface area contributed by atoms with Crippen LogP contribution in [0.2, 0.25) is 0 Å². The van der Waals surface area contributed by atoms with Crippen LogP contribution in [0.25, 0.3) is 0 Å². The third-order valence-corrected chi connectivity index (χ3v) is 2.99. The average Bonchev–Trinajstić information content (AvgIpc) is 2.29. The maximum Gasteiger partial charge on any atom is 0.249 e. The number of carbonyl (C=O) groups is 1. The lowest BCUT2D eigenvalue weighted by Crippen LogP contribution is -2.48. The SMILES string of the molecule is CCCC(NC(=O)C1CCCCO1)C(N)=S. The molecule has 0 bridgehead atoms. The largest absolute Gasteiger partial charge is 0.392 e. The van der Waals surface area contributed by atoms with Crippen LogP contribution in [-0.2, 0) is 9.53 Å². The van der Waals surface area contributed by atoms with E-state index >= 15 is 0 Å². The summed E-state index contributed by atoms with van der Waals surface area (Å²) in [6.07, 6.45) is 4.28. The minimum absolute atomic E-state index is 0.0778. The van der Waals surface area contributed by atoms with Crippen LogP contribution in [-0.4, -0.2) is 29.6 Å². The van der Waals surface area contributed by atoms with Gasteiger partial charge >= 0.3 is 0 Å². The molecule has 1 aliphatic heterocycles. The van der Waals surface area contributed by atoms with E-state index in [2.05, 4.69) is 5.32 Å². The second-order valence-corrected chi connectivity index (χ2v) is 4.58. The summed E-state index contributed by atoms with van der Waals surface area (Å²) in [5.41, 5.74) is 5.58. The molecule has 0 saturated carbocycles. The number of amides is 1. The van der Waals surface area contributed by atoms with E-state index in [1.165, 1.54) is 0 Å². The number of rotatable bonds is 5. The molecule has 0 aromatic rings. The van der Waals surface area contributed by atoms with Crippen molar-refractivity contribution in [3.05, 3.63) is 0 Å². The first kappa shape index (κ1) is 13.4. The number of nitrogens with one attached hydrogen (secondary N) is 1. The highest BCUT2D eigenvalue weighted by Gasteiger charge is 2.24. The predicted octanol–water partition coefficient (Wildman–Crippen LogP) is 1.13. The zero-order valence-electron chi connectivity index (χ0n) is 9.70. The quantitative estimate of drug-likeness (QED) is 0.712. The maximum absolute atomic E-state index is 11.8. The fourth-order valence-electron chi connectivity index (χ4n) is 1.79. The Morgan fingerprint density at radius 3 is 2.88 bits per heavy atom. The van der Waals surface area contributed by atoms with Crippen LogP contribution in [0, 0.1) is 0 Å². The molecule has 1 rings (SSSR count). The van der Waals surface area contributed by atoms with Crippen molar-refractivity contribution in [1.29, 1.82) is 0 Å². The van der Waals surface area contributed by atoms with Crippen LogP contribution in [0.1, 0.15) is 39.0 Å². The third kappa shape index (κ3) is 4.06. The molecule has 16 heavy (non-hydrogen) atoms. The summed E-state index contributed by atoms with van der Waals surface area (Å²) in [7, 11) is 0. The molecule has 4 nitrogen and oxygen atoms in total. The van der Waals surface area contributed by atoms with Gasteiger partial charge in [0.1, 0.15) is 6.10 Å². The molecule has 1 fully saturated rings. The number of hydrogen-bond acceptors (Lipinski definition) is 3. The van der Waals surface area contributed by atoms with Crippen molar-refractivity contribution in [1.82, 2.24) is 5.32 Å². The highest BCUT2D eigenvalue weighted by molar-refractivity contribution is 7.80. The first-order chi connectivity index (χ1) is 7.65. The van der Waals surface area contributed by atoms with Gasteiger partial charge in [-0.3, -0.25) is 4.79 Å². The van der Waals surface area contributed by atoms with Gasteiger partial charge in [-0.2, -0.15) is 0 Å². The molecular weight excluding hydrogens is 224 g/mol. The highest BCUT2D eigenvalue weighted by atomic mass is 32.1. The number of hydrogen-bond donors (Lipinski definition) is 2. The number of ether oxygens (including phenoxy) is 1. The van der Waals surface area contributed by atoms with Gasteiger partial charge in [0.2, 0.25) is 5.91 Å². The Labute approximate surface area is 102 Å². The number of carbonyl (C=O) groups excluding carboxylic acids is 1. The van der Waals surface area contributed by atoms with Crippen LogP contribution >= 0.6 is 12.2 Å². The van der Waals surface area contributed by atoms with Gasteiger partial charge in [0.05, 0.1) is 11.0 Å². The van der Waals surface area contributed by atoms with E-state index in [-0.39, 0.29) is 18.1 Å². The molecule has 5 heteroatoms. The molecule has 92 valence electrons. The summed E-state index contributed by atoms with van der Waals surface area (Å²) >= 11 is 4.92. The van der Waals surface area contributed by atoms with Crippen molar-refractivity contribution >= 4 is 23.1 Å². The summed E-state index contributed by atoms with van der Waals surface area (Å²) < 4.78 is 5.40. The number of nitrogens with two attached hydrogens (primary N) is 1. The van der Waals surface area contributed by atoms with E-state index in [4.69, 9.17) is 22.7 Å². The Kier molecular flexibility index (Phi) is 5.69. The lowest BCUT2D eigenvalue weighted by Gasteiger charge is -2.24. The van der Waals surface area contributed by atoms with Gasteiger partial charge in [-0.05, 0) is 25.7 Å². The summed E-state index contributed by atoms with van der Waals surface area (Å²) in [6, 6.07) is -0.196. The standard InChI is InChI=1S/C11H20N2O2S/c1-2-5-8(10(12)16)13-11(14)9-6-3-4-7-15-9/h8-9H,2-7H2,1H3,(H2,12,16)(H,13,14). The van der Waals surface area contributed by atoms with Gasteiger partial charge in [-0.1, -0.05) is 25.6 Å². The lowest BCUT2D eigenvalue weighted by atomic mass is 10.1. The molecule has 2 atom stereocenters. The Morgan fingerprint density at radius 2 is 2.38 bits per heavy atom. The Hall–Kier alpha value is -0.680. The molecule has 1 heterocycles.